The summed E-state index contributed by atoms with van der Waals surface area (Å²) >= 11 is 1.36. The highest BCUT2D eigenvalue weighted by molar-refractivity contribution is 7.09. The number of nitrogens with zero attached hydrogens (tertiary/aromatic N) is 1. The zero-order valence-corrected chi connectivity index (χ0v) is 13.6. The maximum atomic E-state index is 11.8. The third-order valence-electron chi connectivity index (χ3n) is 4.33. The third kappa shape index (κ3) is 3.27. The number of thiazole rings is 1. The van der Waals surface area contributed by atoms with Gasteiger partial charge >= 0.3 is 4.87 Å². The van der Waals surface area contributed by atoms with Crippen molar-refractivity contribution in [3.63, 3.8) is 0 Å². The molecule has 0 atom stereocenters. The second-order valence-electron chi connectivity index (χ2n) is 5.95. The molecule has 0 unspecified atom stereocenters. The number of rotatable bonds is 3. The fraction of sp³-hybridized carbons (Fsp3) is 0.471. The maximum absolute atomic E-state index is 11.8. The normalized spacial score (nSPS) is 16.3. The lowest BCUT2D eigenvalue weighted by molar-refractivity contribution is 0.223. The van der Waals surface area contributed by atoms with E-state index in [0.717, 1.165) is 30.9 Å². The Morgan fingerprint density at radius 3 is 2.62 bits per heavy atom. The van der Waals surface area contributed by atoms with Crippen molar-refractivity contribution >= 4 is 11.3 Å². The van der Waals surface area contributed by atoms with Gasteiger partial charge in [-0.3, -0.25) is 9.69 Å². The van der Waals surface area contributed by atoms with Crippen LogP contribution in [0.4, 0.5) is 0 Å². The molecule has 0 aliphatic carbocycles. The lowest BCUT2D eigenvalue weighted by atomic mass is 10.0. The number of piperidine rings is 1. The summed E-state index contributed by atoms with van der Waals surface area (Å²) in [6.07, 6.45) is 3.89. The summed E-state index contributed by atoms with van der Waals surface area (Å²) in [7, 11) is 0. The predicted molar refractivity (Wildman–Crippen MR) is 89.0 cm³/mol. The molecule has 1 aliphatic heterocycles. The molecule has 21 heavy (non-hydrogen) atoms. The van der Waals surface area contributed by atoms with Gasteiger partial charge in [0.25, 0.3) is 0 Å². The zero-order chi connectivity index (χ0) is 14.8. The van der Waals surface area contributed by atoms with Gasteiger partial charge in [-0.1, -0.05) is 29.9 Å². The van der Waals surface area contributed by atoms with Crippen LogP contribution in [0.3, 0.4) is 0 Å². The van der Waals surface area contributed by atoms with E-state index in [9.17, 15) is 4.79 Å². The van der Waals surface area contributed by atoms with Gasteiger partial charge in [0.1, 0.15) is 0 Å². The number of aromatic amines is 1. The molecule has 0 saturated carbocycles. The Morgan fingerprint density at radius 1 is 1.14 bits per heavy atom. The summed E-state index contributed by atoms with van der Waals surface area (Å²) in [6.45, 7) is 7.43. The Bertz CT molecular complexity index is 680. The molecular formula is C17H22N2OS. The van der Waals surface area contributed by atoms with Crippen molar-refractivity contribution in [1.82, 2.24) is 9.88 Å². The van der Waals surface area contributed by atoms with Gasteiger partial charge in [-0.05, 0) is 62.5 Å². The van der Waals surface area contributed by atoms with E-state index < -0.39 is 0 Å². The largest absolute Gasteiger partial charge is 0.312 e. The van der Waals surface area contributed by atoms with Crippen molar-refractivity contribution in [2.45, 2.75) is 39.7 Å². The smallest absolute Gasteiger partial charge is 0.305 e. The van der Waals surface area contributed by atoms with E-state index in [-0.39, 0.29) is 4.87 Å². The van der Waals surface area contributed by atoms with Crippen LogP contribution in [-0.2, 0) is 6.54 Å². The van der Waals surface area contributed by atoms with Gasteiger partial charge in [-0.2, -0.15) is 0 Å². The minimum Gasteiger partial charge on any atom is -0.312 e. The van der Waals surface area contributed by atoms with E-state index >= 15 is 0 Å². The van der Waals surface area contributed by atoms with Crippen LogP contribution < -0.4 is 4.87 Å². The number of H-pyrrole nitrogens is 1. The molecule has 1 saturated heterocycles. The summed E-state index contributed by atoms with van der Waals surface area (Å²) in [4.78, 5) is 18.5. The van der Waals surface area contributed by atoms with Crippen molar-refractivity contribution in [3.8, 4) is 11.3 Å². The van der Waals surface area contributed by atoms with Gasteiger partial charge in [0, 0.05) is 11.4 Å². The molecule has 3 nitrogen and oxygen atoms in total. The fourth-order valence-electron chi connectivity index (χ4n) is 2.92. The molecule has 0 amide bonds. The molecule has 0 spiro atoms. The second-order valence-corrected chi connectivity index (χ2v) is 7.02. The molecule has 1 aromatic carbocycles. The van der Waals surface area contributed by atoms with Gasteiger partial charge in [0.05, 0.1) is 5.69 Å². The molecule has 1 N–H and O–H groups in total. The predicted octanol–water partition coefficient (Wildman–Crippen LogP) is 3.71. The Morgan fingerprint density at radius 2 is 1.90 bits per heavy atom. The lowest BCUT2D eigenvalue weighted by Gasteiger charge is -2.26. The quantitative estimate of drug-likeness (QED) is 0.938. The Labute approximate surface area is 129 Å². The standard InChI is InChI=1S/C17H22N2OS/c1-12-6-7-14(10-13(12)2)16-15(21-17(20)18-16)11-19-8-4-3-5-9-19/h6-7,10H,3-5,8-9,11H2,1-2H3,(H,18,20). The van der Waals surface area contributed by atoms with Gasteiger partial charge in [0.15, 0.2) is 0 Å². The maximum Gasteiger partial charge on any atom is 0.305 e. The molecule has 1 fully saturated rings. The van der Waals surface area contributed by atoms with Gasteiger partial charge < -0.3 is 4.98 Å². The van der Waals surface area contributed by atoms with Crippen LogP contribution in [0.15, 0.2) is 23.0 Å². The molecule has 4 heteroatoms. The molecule has 0 bridgehead atoms. The number of likely N-dealkylation sites (tertiary alicyclic amines) is 1. The highest BCUT2D eigenvalue weighted by Gasteiger charge is 2.16. The average molecular weight is 302 g/mol. The first-order valence-electron chi connectivity index (χ1n) is 7.65. The van der Waals surface area contributed by atoms with E-state index in [4.69, 9.17) is 0 Å². The van der Waals surface area contributed by atoms with E-state index in [0.29, 0.717) is 0 Å². The summed E-state index contributed by atoms with van der Waals surface area (Å²) in [5, 5.41) is 0. The van der Waals surface area contributed by atoms with Gasteiger partial charge in [0.2, 0.25) is 0 Å². The van der Waals surface area contributed by atoms with Crippen LogP contribution in [0.1, 0.15) is 35.3 Å². The molecule has 1 aliphatic rings. The van der Waals surface area contributed by atoms with Crippen LogP contribution in [0.25, 0.3) is 11.3 Å². The molecular weight excluding hydrogens is 280 g/mol. The average Bonchev–Trinajstić information content (AvgIpc) is 2.84. The molecule has 0 radical (unpaired) electrons. The van der Waals surface area contributed by atoms with E-state index in [1.165, 1.54) is 46.6 Å². The number of hydrogen-bond acceptors (Lipinski definition) is 3. The number of aromatic nitrogens is 1. The van der Waals surface area contributed by atoms with E-state index in [1.807, 2.05) is 0 Å². The van der Waals surface area contributed by atoms with Gasteiger partial charge in [-0.15, -0.1) is 0 Å². The van der Waals surface area contributed by atoms with E-state index in [1.54, 1.807) is 0 Å². The second kappa shape index (κ2) is 6.16. The highest BCUT2D eigenvalue weighted by Crippen LogP contribution is 2.27. The Balaban J connectivity index is 1.91. The van der Waals surface area contributed by atoms with Gasteiger partial charge in [-0.25, -0.2) is 0 Å². The van der Waals surface area contributed by atoms with Crippen LogP contribution >= 0.6 is 11.3 Å². The van der Waals surface area contributed by atoms with Crippen molar-refractivity contribution < 1.29 is 0 Å². The summed E-state index contributed by atoms with van der Waals surface area (Å²) in [5.74, 6) is 0. The first kappa shape index (κ1) is 14.5. The molecule has 2 heterocycles. The Kier molecular flexibility index (Phi) is 4.27. The van der Waals surface area contributed by atoms with Crippen LogP contribution in [0.5, 0.6) is 0 Å². The summed E-state index contributed by atoms with van der Waals surface area (Å²) in [5.41, 5.74) is 4.69. The van der Waals surface area contributed by atoms with Crippen molar-refractivity contribution in [2.24, 2.45) is 0 Å². The van der Waals surface area contributed by atoms with Crippen LogP contribution in [0, 0.1) is 13.8 Å². The Hall–Kier alpha value is -1.39. The lowest BCUT2D eigenvalue weighted by Crippen LogP contribution is -2.28. The monoisotopic (exact) mass is 302 g/mol. The van der Waals surface area contributed by atoms with Crippen molar-refractivity contribution in [3.05, 3.63) is 43.9 Å². The number of benzene rings is 1. The number of nitrogens with one attached hydrogen (secondary N) is 1. The zero-order valence-electron chi connectivity index (χ0n) is 12.7. The van der Waals surface area contributed by atoms with Crippen molar-refractivity contribution in [1.29, 1.82) is 0 Å². The first-order chi connectivity index (χ1) is 10.1. The van der Waals surface area contributed by atoms with Crippen LogP contribution in [-0.4, -0.2) is 23.0 Å². The summed E-state index contributed by atoms with van der Waals surface area (Å²) < 4.78 is 0. The summed E-state index contributed by atoms with van der Waals surface area (Å²) in [6, 6.07) is 6.42. The number of hydrogen-bond donors (Lipinski definition) is 1. The number of aryl methyl sites for hydroxylation is 2. The van der Waals surface area contributed by atoms with Crippen molar-refractivity contribution in [2.75, 3.05) is 13.1 Å². The topological polar surface area (TPSA) is 36.1 Å². The molecule has 1 aromatic heterocycles. The molecule has 3 rings (SSSR count). The molecule has 112 valence electrons. The molecule has 2 aromatic rings. The first-order valence-corrected chi connectivity index (χ1v) is 8.47. The minimum absolute atomic E-state index is 0.0511. The SMILES string of the molecule is Cc1ccc(-c2[nH]c(=O)sc2CN2CCCCC2)cc1C. The minimum atomic E-state index is 0.0511. The third-order valence-corrected chi connectivity index (χ3v) is 5.20. The highest BCUT2D eigenvalue weighted by atomic mass is 32.1. The van der Waals surface area contributed by atoms with E-state index in [2.05, 4.69) is 41.9 Å². The van der Waals surface area contributed by atoms with Crippen LogP contribution in [0.2, 0.25) is 0 Å². The fourth-order valence-corrected chi connectivity index (χ4v) is 3.82.